The maximum absolute atomic E-state index is 9.27. The number of hydrogen-bond donors (Lipinski definition) is 2. The van der Waals surface area contributed by atoms with Gasteiger partial charge in [0.2, 0.25) is 0 Å². The molecular weight excluding hydrogens is 290 g/mol. The van der Waals surface area contributed by atoms with Crippen LogP contribution in [0.4, 0.5) is 5.82 Å². The first-order valence-corrected chi connectivity index (χ1v) is 6.90. The van der Waals surface area contributed by atoms with Gasteiger partial charge in [-0.25, -0.2) is 0 Å². The molecule has 2 N–H and O–H groups in total. The molecule has 0 saturated heterocycles. The van der Waals surface area contributed by atoms with Gasteiger partial charge in [0.25, 0.3) is 5.78 Å². The lowest BCUT2D eigenvalue weighted by Crippen LogP contribution is -2.11. The number of anilines is 1. The van der Waals surface area contributed by atoms with Gasteiger partial charge in [0.15, 0.2) is 0 Å². The van der Waals surface area contributed by atoms with Crippen LogP contribution in [0.3, 0.4) is 0 Å². The van der Waals surface area contributed by atoms with Crippen molar-refractivity contribution in [2.24, 2.45) is 0 Å². The summed E-state index contributed by atoms with van der Waals surface area (Å²) in [7, 11) is 0. The Labute approximate surface area is 126 Å². The van der Waals surface area contributed by atoms with Crippen LogP contribution in [0.5, 0.6) is 5.75 Å². The van der Waals surface area contributed by atoms with Gasteiger partial charge in [-0.2, -0.15) is 19.6 Å². The quantitative estimate of drug-likeness (QED) is 0.724. The van der Waals surface area contributed by atoms with Gasteiger partial charge in [-0.15, -0.1) is 0 Å². The Bertz CT molecular complexity index is 769. The number of nitrogens with zero attached hydrogens (tertiary/aromatic N) is 4. The number of aromatic hydroxyl groups is 1. The van der Waals surface area contributed by atoms with E-state index in [9.17, 15) is 5.11 Å². The number of benzene rings is 1. The lowest BCUT2D eigenvalue weighted by atomic mass is 10.1. The number of fused-ring (bicyclic) bond motifs is 1. The fourth-order valence-electron chi connectivity index (χ4n) is 2.09. The molecule has 1 aromatic carbocycles. The molecule has 0 radical (unpaired) electrons. The molecule has 0 atom stereocenters. The largest absolute Gasteiger partial charge is 0.508 e. The third kappa shape index (κ3) is 2.75. The number of halogens is 1. The van der Waals surface area contributed by atoms with Crippen molar-refractivity contribution in [3.05, 3.63) is 46.9 Å². The van der Waals surface area contributed by atoms with Crippen molar-refractivity contribution in [2.45, 2.75) is 13.3 Å². The number of phenols is 1. The summed E-state index contributed by atoms with van der Waals surface area (Å²) in [5.41, 5.74) is 1.97. The van der Waals surface area contributed by atoms with Gasteiger partial charge in [0.1, 0.15) is 23.0 Å². The SMILES string of the molecule is Cc1c(Cl)nc2ncnn2c1NCCc1ccc(O)cc1. The summed E-state index contributed by atoms with van der Waals surface area (Å²) >= 11 is 6.10. The van der Waals surface area contributed by atoms with Crippen molar-refractivity contribution in [3.63, 3.8) is 0 Å². The summed E-state index contributed by atoms with van der Waals surface area (Å²) in [6, 6.07) is 7.15. The Hall–Kier alpha value is -2.34. The predicted octanol–water partition coefficient (Wildman–Crippen LogP) is 2.45. The number of rotatable bonds is 4. The molecular formula is C14H14ClN5O. The van der Waals surface area contributed by atoms with Crippen LogP contribution in [0, 0.1) is 6.92 Å². The number of nitrogens with one attached hydrogen (secondary N) is 1. The Kier molecular flexibility index (Phi) is 3.62. The third-order valence-corrected chi connectivity index (χ3v) is 3.61. The highest BCUT2D eigenvalue weighted by molar-refractivity contribution is 6.30. The molecule has 0 aliphatic rings. The number of hydrogen-bond acceptors (Lipinski definition) is 5. The Balaban J connectivity index is 1.77. The minimum absolute atomic E-state index is 0.271. The van der Waals surface area contributed by atoms with Gasteiger partial charge in [0, 0.05) is 12.1 Å². The van der Waals surface area contributed by atoms with Crippen molar-refractivity contribution in [2.75, 3.05) is 11.9 Å². The summed E-state index contributed by atoms with van der Waals surface area (Å²) in [5.74, 6) is 1.53. The smallest absolute Gasteiger partial charge is 0.255 e. The molecule has 108 valence electrons. The fraction of sp³-hybridized carbons (Fsp3) is 0.214. The summed E-state index contributed by atoms with van der Waals surface area (Å²) in [6.07, 6.45) is 2.26. The molecule has 6 nitrogen and oxygen atoms in total. The van der Waals surface area contributed by atoms with Gasteiger partial charge in [-0.05, 0) is 31.0 Å². The molecule has 7 heteroatoms. The fourth-order valence-corrected chi connectivity index (χ4v) is 2.26. The van der Waals surface area contributed by atoms with E-state index in [4.69, 9.17) is 11.6 Å². The van der Waals surface area contributed by atoms with Gasteiger partial charge in [-0.1, -0.05) is 23.7 Å². The summed E-state index contributed by atoms with van der Waals surface area (Å²) in [4.78, 5) is 8.20. The number of phenolic OH excluding ortho intramolecular Hbond substituents is 1. The normalized spacial score (nSPS) is 11.0. The predicted molar refractivity (Wildman–Crippen MR) is 80.8 cm³/mol. The standard InChI is InChI=1S/C14H14ClN5O/c1-9-12(15)19-14-17-8-18-20(14)13(9)16-7-6-10-2-4-11(21)5-3-10/h2-5,8,16,21H,6-7H2,1H3. The van der Waals surface area contributed by atoms with Gasteiger partial charge in [-0.3, -0.25) is 0 Å². The van der Waals surface area contributed by atoms with Crippen molar-refractivity contribution in [1.82, 2.24) is 19.6 Å². The second-order valence-corrected chi connectivity index (χ2v) is 5.05. The van der Waals surface area contributed by atoms with Crippen molar-refractivity contribution >= 4 is 23.2 Å². The average molecular weight is 304 g/mol. The van der Waals surface area contributed by atoms with Crippen molar-refractivity contribution < 1.29 is 5.11 Å². The first-order chi connectivity index (χ1) is 10.1. The molecule has 0 amide bonds. The van der Waals surface area contributed by atoms with Crippen LogP contribution in [0.1, 0.15) is 11.1 Å². The molecule has 0 aliphatic carbocycles. The van der Waals surface area contributed by atoms with Crippen LogP contribution in [-0.2, 0) is 6.42 Å². The van der Waals surface area contributed by atoms with E-state index in [1.807, 2.05) is 19.1 Å². The average Bonchev–Trinajstić information content (AvgIpc) is 2.93. The maximum Gasteiger partial charge on any atom is 0.255 e. The molecule has 3 rings (SSSR count). The topological polar surface area (TPSA) is 75.3 Å². The van der Waals surface area contributed by atoms with E-state index < -0.39 is 0 Å². The van der Waals surface area contributed by atoms with Gasteiger partial charge in [0.05, 0.1) is 0 Å². The van der Waals surface area contributed by atoms with Gasteiger partial charge >= 0.3 is 0 Å². The molecule has 0 bridgehead atoms. The first kappa shape index (κ1) is 13.6. The lowest BCUT2D eigenvalue weighted by molar-refractivity contribution is 0.475. The second-order valence-electron chi connectivity index (χ2n) is 4.69. The molecule has 2 heterocycles. The van der Waals surface area contributed by atoms with E-state index in [1.165, 1.54) is 6.33 Å². The minimum atomic E-state index is 0.271. The molecule has 0 saturated carbocycles. The van der Waals surface area contributed by atoms with Crippen LogP contribution in [0.15, 0.2) is 30.6 Å². The highest BCUT2D eigenvalue weighted by atomic mass is 35.5. The Morgan fingerprint density at radius 3 is 2.81 bits per heavy atom. The molecule has 0 aliphatic heterocycles. The highest BCUT2D eigenvalue weighted by Gasteiger charge is 2.11. The van der Waals surface area contributed by atoms with E-state index in [-0.39, 0.29) is 5.75 Å². The molecule has 0 fully saturated rings. The zero-order valence-electron chi connectivity index (χ0n) is 11.4. The van der Waals surface area contributed by atoms with E-state index in [0.717, 1.165) is 23.4 Å². The zero-order valence-corrected chi connectivity index (χ0v) is 12.2. The number of aromatic nitrogens is 4. The summed E-state index contributed by atoms with van der Waals surface area (Å²) in [5, 5.41) is 17.2. The van der Waals surface area contributed by atoms with E-state index in [0.29, 0.717) is 17.5 Å². The van der Waals surface area contributed by atoms with Gasteiger partial charge < -0.3 is 10.4 Å². The molecule has 0 spiro atoms. The first-order valence-electron chi connectivity index (χ1n) is 6.53. The van der Waals surface area contributed by atoms with Crippen molar-refractivity contribution in [3.8, 4) is 5.75 Å². The highest BCUT2D eigenvalue weighted by Crippen LogP contribution is 2.22. The Morgan fingerprint density at radius 2 is 2.05 bits per heavy atom. The maximum atomic E-state index is 9.27. The molecule has 0 unspecified atom stereocenters. The van der Waals surface area contributed by atoms with E-state index >= 15 is 0 Å². The molecule has 2 aromatic heterocycles. The summed E-state index contributed by atoms with van der Waals surface area (Å²) in [6.45, 7) is 2.60. The van der Waals surface area contributed by atoms with Crippen LogP contribution >= 0.6 is 11.6 Å². The van der Waals surface area contributed by atoms with E-state index in [1.54, 1.807) is 16.6 Å². The van der Waals surface area contributed by atoms with Crippen LogP contribution in [-0.4, -0.2) is 31.2 Å². The van der Waals surface area contributed by atoms with Crippen LogP contribution < -0.4 is 5.32 Å². The van der Waals surface area contributed by atoms with Crippen molar-refractivity contribution in [1.29, 1.82) is 0 Å². The second kappa shape index (κ2) is 5.57. The van der Waals surface area contributed by atoms with Crippen LogP contribution in [0.25, 0.3) is 5.78 Å². The lowest BCUT2D eigenvalue weighted by Gasteiger charge is -2.11. The minimum Gasteiger partial charge on any atom is -0.508 e. The summed E-state index contributed by atoms with van der Waals surface area (Å²) < 4.78 is 1.64. The third-order valence-electron chi connectivity index (χ3n) is 3.25. The Morgan fingerprint density at radius 1 is 1.29 bits per heavy atom. The molecule has 3 aromatic rings. The zero-order chi connectivity index (χ0) is 14.8. The van der Waals surface area contributed by atoms with Crippen LogP contribution in [0.2, 0.25) is 5.15 Å². The monoisotopic (exact) mass is 303 g/mol. The molecule has 21 heavy (non-hydrogen) atoms. The van der Waals surface area contributed by atoms with E-state index in [2.05, 4.69) is 20.4 Å².